The van der Waals surface area contributed by atoms with Gasteiger partial charge in [-0.1, -0.05) is 12.1 Å². The first kappa shape index (κ1) is 24.1. The number of aliphatic hydroxyl groups is 1. The molecule has 0 saturated carbocycles. The second kappa shape index (κ2) is 10.2. The van der Waals surface area contributed by atoms with Crippen molar-refractivity contribution >= 4 is 17.7 Å². The minimum absolute atomic E-state index is 0.141. The van der Waals surface area contributed by atoms with E-state index in [2.05, 4.69) is 26.7 Å². The van der Waals surface area contributed by atoms with Crippen LogP contribution in [0.3, 0.4) is 0 Å². The number of thioether (sulfide) groups is 1. The Labute approximate surface area is 179 Å². The number of aromatic nitrogens is 2. The molecule has 0 amide bonds. The third-order valence-electron chi connectivity index (χ3n) is 4.63. The highest BCUT2D eigenvalue weighted by atomic mass is 32.2. The molecule has 0 fully saturated rings. The normalized spacial score (nSPS) is 14.5. The van der Waals surface area contributed by atoms with Gasteiger partial charge in [-0.05, 0) is 37.3 Å². The Morgan fingerprint density at radius 1 is 1.30 bits per heavy atom. The van der Waals surface area contributed by atoms with E-state index in [4.69, 9.17) is 0 Å². The van der Waals surface area contributed by atoms with E-state index in [0.29, 0.717) is 19.0 Å². The summed E-state index contributed by atoms with van der Waals surface area (Å²) < 4.78 is 42.1. The lowest BCUT2D eigenvalue weighted by Gasteiger charge is -2.30. The summed E-state index contributed by atoms with van der Waals surface area (Å²) in [7, 11) is 1.42. The van der Waals surface area contributed by atoms with E-state index in [1.165, 1.54) is 24.0 Å². The van der Waals surface area contributed by atoms with Crippen molar-refractivity contribution in [2.45, 2.75) is 43.5 Å². The van der Waals surface area contributed by atoms with Gasteiger partial charge in [-0.15, -0.1) is 11.8 Å². The molecule has 0 saturated heterocycles. The molecule has 1 aromatic heterocycles. The molecule has 0 aliphatic rings. The van der Waals surface area contributed by atoms with E-state index >= 15 is 0 Å². The molecular weight excluding hydrogens is 415 g/mol. The molecule has 0 bridgehead atoms. The Kier molecular flexibility index (Phi) is 8.19. The number of alkyl halides is 3. The highest BCUT2D eigenvalue weighted by Gasteiger charge is 2.57. The Morgan fingerprint density at radius 3 is 2.60 bits per heavy atom. The lowest BCUT2D eigenvalue weighted by Crippen LogP contribution is -2.47. The maximum atomic E-state index is 13.6. The van der Waals surface area contributed by atoms with Gasteiger partial charge in [-0.3, -0.25) is 0 Å². The van der Waals surface area contributed by atoms with Crippen LogP contribution in [0.2, 0.25) is 0 Å². The molecule has 1 aromatic carbocycles. The second-order valence-electron chi connectivity index (χ2n) is 6.91. The van der Waals surface area contributed by atoms with Crippen LogP contribution in [0, 0.1) is 6.92 Å². The zero-order valence-corrected chi connectivity index (χ0v) is 18.4. The average Bonchev–Trinajstić information content (AvgIpc) is 3.12. The minimum atomic E-state index is -4.86. The number of nitrogens with one attached hydrogen (secondary N) is 2. The zero-order valence-electron chi connectivity index (χ0n) is 17.5. The van der Waals surface area contributed by atoms with E-state index < -0.39 is 24.0 Å². The van der Waals surface area contributed by atoms with Gasteiger partial charge in [-0.2, -0.15) is 13.2 Å². The fourth-order valence-corrected chi connectivity index (χ4v) is 3.69. The largest absolute Gasteiger partial charge is 0.424 e. The summed E-state index contributed by atoms with van der Waals surface area (Å²) >= 11 is 1.62. The number of halogens is 3. The Morgan fingerprint density at radius 2 is 2.03 bits per heavy atom. The fourth-order valence-electron chi connectivity index (χ4n) is 2.99. The topological polar surface area (TPSA) is 74.5 Å². The summed E-state index contributed by atoms with van der Waals surface area (Å²) in [6.07, 6.45) is -0.877. The van der Waals surface area contributed by atoms with Crippen molar-refractivity contribution in [1.82, 2.24) is 20.2 Å². The van der Waals surface area contributed by atoms with Gasteiger partial charge < -0.3 is 20.3 Å². The van der Waals surface area contributed by atoms with Gasteiger partial charge >= 0.3 is 6.18 Å². The molecule has 30 heavy (non-hydrogen) atoms. The van der Waals surface area contributed by atoms with Crippen LogP contribution >= 0.6 is 11.8 Å². The minimum Gasteiger partial charge on any atom is -0.374 e. The van der Waals surface area contributed by atoms with Crippen LogP contribution in [0.1, 0.15) is 30.3 Å². The van der Waals surface area contributed by atoms with Crippen LogP contribution in [0.15, 0.2) is 40.5 Å². The van der Waals surface area contributed by atoms with Crippen LogP contribution in [0.5, 0.6) is 0 Å². The van der Waals surface area contributed by atoms with Crippen molar-refractivity contribution in [2.24, 2.45) is 12.0 Å². The molecule has 2 rings (SSSR count). The monoisotopic (exact) mass is 443 g/mol. The Bertz CT molecular complexity index is 868. The molecule has 1 heterocycles. The number of aryl methyl sites for hydroxylation is 2. The fraction of sp³-hybridized carbons (Fsp3) is 0.500. The zero-order chi connectivity index (χ0) is 22.4. The van der Waals surface area contributed by atoms with E-state index in [9.17, 15) is 18.3 Å². The highest BCUT2D eigenvalue weighted by Crippen LogP contribution is 2.40. The molecular formula is C20H28F3N5OS. The summed E-state index contributed by atoms with van der Waals surface area (Å²) in [4.78, 5) is 9.30. The standard InChI is InChI=1S/C20H28F3N5OS/c1-5-24-18(27-13-15-7-6-14(2)12-16(15)30-4)26-9-8-19(29,20(21,22)23)17-25-10-11-28(17)3/h6-7,10-12,29H,5,8-9,13H2,1-4H3,(H2,24,26,27). The number of guanidine groups is 1. The number of benzene rings is 1. The molecule has 1 unspecified atom stereocenters. The second-order valence-corrected chi connectivity index (χ2v) is 7.76. The number of hydrogen-bond acceptors (Lipinski definition) is 4. The number of aliphatic imine (C=N–C) groups is 1. The lowest BCUT2D eigenvalue weighted by atomic mass is 9.97. The van der Waals surface area contributed by atoms with E-state index in [1.54, 1.807) is 11.8 Å². The van der Waals surface area contributed by atoms with Crippen LogP contribution in [0.4, 0.5) is 13.2 Å². The van der Waals surface area contributed by atoms with E-state index in [1.807, 2.05) is 32.2 Å². The van der Waals surface area contributed by atoms with Crippen LogP contribution in [0.25, 0.3) is 0 Å². The molecule has 10 heteroatoms. The molecule has 2 aromatic rings. The van der Waals surface area contributed by atoms with Crippen molar-refractivity contribution < 1.29 is 18.3 Å². The average molecular weight is 444 g/mol. The maximum Gasteiger partial charge on any atom is 0.424 e. The number of imidazole rings is 1. The van der Waals surface area contributed by atoms with E-state index in [0.717, 1.165) is 16.0 Å². The van der Waals surface area contributed by atoms with E-state index in [-0.39, 0.29) is 6.54 Å². The van der Waals surface area contributed by atoms with Crippen LogP contribution < -0.4 is 10.6 Å². The van der Waals surface area contributed by atoms with Crippen LogP contribution in [-0.2, 0) is 19.2 Å². The summed E-state index contributed by atoms with van der Waals surface area (Å²) in [5.41, 5.74) is -0.874. The van der Waals surface area contributed by atoms with Gasteiger partial charge in [0.2, 0.25) is 5.60 Å². The molecule has 0 aliphatic heterocycles. The van der Waals surface area contributed by atoms with Crippen molar-refractivity contribution in [3.8, 4) is 0 Å². The molecule has 0 spiro atoms. The SMILES string of the molecule is CCNC(=NCc1ccc(C)cc1SC)NCCC(O)(c1nccn1C)C(F)(F)F. The highest BCUT2D eigenvalue weighted by molar-refractivity contribution is 7.98. The van der Waals surface area contributed by atoms with Crippen molar-refractivity contribution in [3.63, 3.8) is 0 Å². The molecule has 6 nitrogen and oxygen atoms in total. The number of rotatable bonds is 8. The smallest absolute Gasteiger partial charge is 0.374 e. The summed E-state index contributed by atoms with van der Waals surface area (Å²) in [5, 5.41) is 16.3. The van der Waals surface area contributed by atoms with Crippen LogP contribution in [-0.4, -0.2) is 46.1 Å². The van der Waals surface area contributed by atoms with Crippen molar-refractivity contribution in [1.29, 1.82) is 0 Å². The summed E-state index contributed by atoms with van der Waals surface area (Å²) in [6, 6.07) is 6.07. The van der Waals surface area contributed by atoms with Gasteiger partial charge in [0.25, 0.3) is 0 Å². The maximum absolute atomic E-state index is 13.6. The third kappa shape index (κ3) is 5.69. The number of nitrogens with zero attached hydrogens (tertiary/aromatic N) is 3. The first-order chi connectivity index (χ1) is 14.1. The first-order valence-electron chi connectivity index (χ1n) is 9.55. The first-order valence-corrected chi connectivity index (χ1v) is 10.8. The molecule has 166 valence electrons. The Balaban J connectivity index is 2.11. The van der Waals surface area contributed by atoms with Gasteiger partial charge in [0, 0.05) is 43.8 Å². The predicted octanol–water partition coefficient (Wildman–Crippen LogP) is 3.35. The summed E-state index contributed by atoms with van der Waals surface area (Å²) in [6.45, 7) is 4.68. The predicted molar refractivity (Wildman–Crippen MR) is 114 cm³/mol. The molecule has 1 atom stereocenters. The number of hydrogen-bond donors (Lipinski definition) is 3. The van der Waals surface area contributed by atoms with Gasteiger partial charge in [-0.25, -0.2) is 9.98 Å². The van der Waals surface area contributed by atoms with Gasteiger partial charge in [0.05, 0.1) is 6.54 Å². The van der Waals surface area contributed by atoms with Crippen molar-refractivity contribution in [2.75, 3.05) is 19.3 Å². The van der Waals surface area contributed by atoms with Gasteiger partial charge in [0.15, 0.2) is 5.96 Å². The lowest BCUT2D eigenvalue weighted by molar-refractivity contribution is -0.272. The summed E-state index contributed by atoms with van der Waals surface area (Å²) in [5.74, 6) is -0.0579. The van der Waals surface area contributed by atoms with Gasteiger partial charge in [0.1, 0.15) is 5.82 Å². The Hall–Kier alpha value is -2.20. The quantitative estimate of drug-likeness (QED) is 0.332. The molecule has 3 N–H and O–H groups in total. The van der Waals surface area contributed by atoms with Crippen molar-refractivity contribution in [3.05, 3.63) is 47.5 Å². The third-order valence-corrected chi connectivity index (χ3v) is 5.45. The molecule has 0 aliphatic carbocycles. The molecule has 0 radical (unpaired) electrons.